The van der Waals surface area contributed by atoms with E-state index in [-0.39, 0.29) is 15.7 Å². The summed E-state index contributed by atoms with van der Waals surface area (Å²) >= 11 is 0. The van der Waals surface area contributed by atoms with Gasteiger partial charge in [0.2, 0.25) is 9.84 Å². The molecule has 1 aliphatic rings. The van der Waals surface area contributed by atoms with Crippen molar-refractivity contribution in [2.45, 2.75) is 35.0 Å². The van der Waals surface area contributed by atoms with Gasteiger partial charge < -0.3 is 4.90 Å². The van der Waals surface area contributed by atoms with Crippen LogP contribution in [0.25, 0.3) is 0 Å². The van der Waals surface area contributed by atoms with Crippen LogP contribution in [0.4, 0.5) is 8.78 Å². The van der Waals surface area contributed by atoms with E-state index < -0.39 is 21.5 Å². The van der Waals surface area contributed by atoms with Crippen molar-refractivity contribution < 1.29 is 17.2 Å². The van der Waals surface area contributed by atoms with E-state index in [4.69, 9.17) is 0 Å². The maximum Gasteiger partial charge on any atom is 0.209 e. The van der Waals surface area contributed by atoms with Crippen LogP contribution < -0.4 is 0 Å². The van der Waals surface area contributed by atoms with E-state index >= 15 is 4.39 Å². The SMILES string of the molecule is CN(C)CC1CCCc2c1ccc(S(=O)(=O)c1cccc(F)c1)c2F. The molecule has 0 radical (unpaired) electrons. The van der Waals surface area contributed by atoms with Gasteiger partial charge in [-0.2, -0.15) is 0 Å². The highest BCUT2D eigenvalue weighted by molar-refractivity contribution is 7.91. The molecule has 2 aromatic rings. The summed E-state index contributed by atoms with van der Waals surface area (Å²) < 4.78 is 53.9. The van der Waals surface area contributed by atoms with E-state index in [0.717, 1.165) is 37.1 Å². The van der Waals surface area contributed by atoms with Crippen LogP contribution in [0.15, 0.2) is 46.2 Å². The predicted molar refractivity (Wildman–Crippen MR) is 92.5 cm³/mol. The quantitative estimate of drug-likeness (QED) is 0.828. The maximum atomic E-state index is 15.1. The Kier molecular flexibility index (Phi) is 4.93. The summed E-state index contributed by atoms with van der Waals surface area (Å²) in [6.45, 7) is 0.794. The number of halogens is 2. The molecule has 0 bridgehead atoms. The molecule has 25 heavy (non-hydrogen) atoms. The lowest BCUT2D eigenvalue weighted by molar-refractivity contribution is 0.349. The highest BCUT2D eigenvalue weighted by Gasteiger charge is 2.29. The van der Waals surface area contributed by atoms with Crippen molar-refractivity contribution in [2.24, 2.45) is 0 Å². The van der Waals surface area contributed by atoms with Gasteiger partial charge in [0.25, 0.3) is 0 Å². The number of fused-ring (bicyclic) bond motifs is 1. The average Bonchev–Trinajstić information content (AvgIpc) is 2.55. The summed E-state index contributed by atoms with van der Waals surface area (Å²) in [5, 5.41) is 0. The van der Waals surface area contributed by atoms with Gasteiger partial charge in [-0.25, -0.2) is 17.2 Å². The standard InChI is InChI=1S/C19H21F2NO2S/c1-22(2)12-13-5-3-8-17-16(13)9-10-18(19(17)21)25(23,24)15-7-4-6-14(20)11-15/h4,6-7,9-11,13H,3,5,8,12H2,1-2H3. The van der Waals surface area contributed by atoms with Crippen LogP contribution in [0.2, 0.25) is 0 Å². The number of likely N-dealkylation sites (N-methyl/N-ethyl adjacent to an activating group) is 1. The third-order valence-corrected chi connectivity index (χ3v) is 6.41. The van der Waals surface area contributed by atoms with Crippen LogP contribution in [0.3, 0.4) is 0 Å². The molecule has 0 saturated heterocycles. The number of hydrogen-bond acceptors (Lipinski definition) is 3. The summed E-state index contributed by atoms with van der Waals surface area (Å²) in [7, 11) is -0.160. The summed E-state index contributed by atoms with van der Waals surface area (Å²) in [6, 6.07) is 7.72. The second kappa shape index (κ2) is 6.84. The Balaban J connectivity index is 2.08. The Hall–Kier alpha value is -1.79. The minimum Gasteiger partial charge on any atom is -0.309 e. The topological polar surface area (TPSA) is 37.4 Å². The largest absolute Gasteiger partial charge is 0.309 e. The number of rotatable bonds is 4. The van der Waals surface area contributed by atoms with E-state index in [9.17, 15) is 12.8 Å². The van der Waals surface area contributed by atoms with Crippen LogP contribution in [0, 0.1) is 11.6 Å². The number of hydrogen-bond donors (Lipinski definition) is 0. The summed E-state index contributed by atoms with van der Waals surface area (Å²) in [4.78, 5) is 1.45. The molecule has 1 aliphatic carbocycles. The molecule has 3 nitrogen and oxygen atoms in total. The first kappa shape index (κ1) is 18.0. The number of sulfone groups is 1. The van der Waals surface area contributed by atoms with Gasteiger partial charge in [-0.1, -0.05) is 12.1 Å². The molecule has 6 heteroatoms. The summed E-state index contributed by atoms with van der Waals surface area (Å²) in [5.74, 6) is -1.16. The lowest BCUT2D eigenvalue weighted by atomic mass is 9.82. The van der Waals surface area contributed by atoms with Crippen molar-refractivity contribution in [3.05, 3.63) is 59.2 Å². The third-order valence-electron chi connectivity index (χ3n) is 4.64. The predicted octanol–water partition coefficient (Wildman–Crippen LogP) is 3.78. The molecular formula is C19H21F2NO2S. The van der Waals surface area contributed by atoms with Crippen LogP contribution in [-0.2, 0) is 16.3 Å². The zero-order valence-electron chi connectivity index (χ0n) is 14.3. The molecule has 134 valence electrons. The first-order valence-corrected chi connectivity index (χ1v) is 9.75. The normalized spacial score (nSPS) is 17.6. The van der Waals surface area contributed by atoms with Gasteiger partial charge in [0.15, 0.2) is 0 Å². The second-order valence-electron chi connectivity index (χ2n) is 6.76. The molecule has 0 fully saturated rings. The minimum absolute atomic E-state index is 0.194. The minimum atomic E-state index is -4.09. The van der Waals surface area contributed by atoms with Gasteiger partial charge in [-0.15, -0.1) is 0 Å². The fraction of sp³-hybridized carbons (Fsp3) is 0.368. The van der Waals surface area contributed by atoms with Crippen molar-refractivity contribution in [3.8, 4) is 0 Å². The monoisotopic (exact) mass is 365 g/mol. The maximum absolute atomic E-state index is 15.1. The van der Waals surface area contributed by atoms with Crippen LogP contribution in [0.5, 0.6) is 0 Å². The third kappa shape index (κ3) is 3.46. The average molecular weight is 365 g/mol. The van der Waals surface area contributed by atoms with E-state index in [1.54, 1.807) is 6.07 Å². The Morgan fingerprint density at radius 1 is 1.16 bits per heavy atom. The molecule has 0 aliphatic heterocycles. The summed E-state index contributed by atoms with van der Waals surface area (Å²) in [5.41, 5.74) is 1.37. The Bertz CT molecular complexity index is 894. The lowest BCUT2D eigenvalue weighted by Crippen LogP contribution is -2.24. The molecular weight excluding hydrogens is 344 g/mol. The Morgan fingerprint density at radius 2 is 1.92 bits per heavy atom. The molecule has 0 N–H and O–H groups in total. The van der Waals surface area contributed by atoms with E-state index in [2.05, 4.69) is 4.90 Å². The highest BCUT2D eigenvalue weighted by atomic mass is 32.2. The van der Waals surface area contributed by atoms with Crippen LogP contribution in [-0.4, -0.2) is 34.0 Å². The molecule has 2 aromatic carbocycles. The van der Waals surface area contributed by atoms with E-state index in [1.807, 2.05) is 14.1 Å². The van der Waals surface area contributed by atoms with Crippen LogP contribution in [0.1, 0.15) is 29.9 Å². The second-order valence-corrected chi connectivity index (χ2v) is 8.68. The molecule has 1 unspecified atom stereocenters. The molecule has 1 atom stereocenters. The van der Waals surface area contributed by atoms with Crippen molar-refractivity contribution in [1.29, 1.82) is 0 Å². The fourth-order valence-corrected chi connectivity index (χ4v) is 4.92. The number of nitrogens with zero attached hydrogens (tertiary/aromatic N) is 1. The van der Waals surface area contributed by atoms with Gasteiger partial charge in [0.05, 0.1) is 4.90 Å². The zero-order chi connectivity index (χ0) is 18.2. The van der Waals surface area contributed by atoms with Gasteiger partial charge in [0.1, 0.15) is 16.5 Å². The van der Waals surface area contributed by atoms with Gasteiger partial charge in [-0.3, -0.25) is 0 Å². The van der Waals surface area contributed by atoms with Crippen molar-refractivity contribution in [1.82, 2.24) is 4.90 Å². The Morgan fingerprint density at radius 3 is 2.60 bits per heavy atom. The first-order chi connectivity index (χ1) is 11.8. The van der Waals surface area contributed by atoms with Crippen molar-refractivity contribution in [2.75, 3.05) is 20.6 Å². The van der Waals surface area contributed by atoms with Crippen molar-refractivity contribution >= 4 is 9.84 Å². The summed E-state index contributed by atoms with van der Waals surface area (Å²) in [6.07, 6.45) is 2.31. The number of benzene rings is 2. The van der Waals surface area contributed by atoms with Gasteiger partial charge in [0, 0.05) is 6.54 Å². The Labute approximate surface area is 147 Å². The molecule has 3 rings (SSSR count). The first-order valence-electron chi connectivity index (χ1n) is 8.27. The molecule has 0 saturated carbocycles. The van der Waals surface area contributed by atoms with Crippen molar-refractivity contribution in [3.63, 3.8) is 0 Å². The zero-order valence-corrected chi connectivity index (χ0v) is 15.1. The fourth-order valence-electron chi connectivity index (χ4n) is 3.53. The van der Waals surface area contributed by atoms with E-state index in [1.165, 1.54) is 18.2 Å². The molecule has 0 heterocycles. The molecule has 0 spiro atoms. The lowest BCUT2D eigenvalue weighted by Gasteiger charge is -2.28. The van der Waals surface area contributed by atoms with Crippen LogP contribution >= 0.6 is 0 Å². The molecule has 0 aromatic heterocycles. The molecule has 0 amide bonds. The van der Waals surface area contributed by atoms with Gasteiger partial charge in [-0.05, 0) is 74.7 Å². The smallest absolute Gasteiger partial charge is 0.209 e. The van der Waals surface area contributed by atoms with Gasteiger partial charge >= 0.3 is 0 Å². The van der Waals surface area contributed by atoms with E-state index in [0.29, 0.717) is 12.0 Å². The highest BCUT2D eigenvalue weighted by Crippen LogP contribution is 2.36.